The van der Waals surface area contributed by atoms with Gasteiger partial charge in [0, 0.05) is 20.2 Å². The average molecular weight is 230 g/mol. The Morgan fingerprint density at radius 1 is 1.44 bits per heavy atom. The Bertz CT molecular complexity index is 204. The summed E-state index contributed by atoms with van der Waals surface area (Å²) in [4.78, 5) is 6.57. The van der Waals surface area contributed by atoms with E-state index >= 15 is 0 Å². The van der Waals surface area contributed by atoms with Crippen LogP contribution in [-0.4, -0.2) is 43.7 Å². The van der Waals surface area contributed by atoms with E-state index in [9.17, 15) is 0 Å². The van der Waals surface area contributed by atoms with Gasteiger partial charge in [-0.2, -0.15) is 0 Å². The molecule has 0 fully saturated rings. The van der Waals surface area contributed by atoms with Crippen LogP contribution in [0.2, 0.25) is 0 Å². The van der Waals surface area contributed by atoms with Crippen LogP contribution in [0.15, 0.2) is 4.99 Å². The van der Waals surface area contributed by atoms with Gasteiger partial charge in [0.1, 0.15) is 0 Å². The van der Waals surface area contributed by atoms with Gasteiger partial charge < -0.3 is 9.64 Å². The summed E-state index contributed by atoms with van der Waals surface area (Å²) in [5, 5.41) is 0. The summed E-state index contributed by atoms with van der Waals surface area (Å²) >= 11 is 0. The fourth-order valence-electron chi connectivity index (χ4n) is 1.73. The number of guanidine groups is 1. The zero-order valence-electron chi connectivity index (χ0n) is 11.2. The second kappa shape index (κ2) is 8.35. The van der Waals surface area contributed by atoms with Crippen molar-refractivity contribution in [3.8, 4) is 0 Å². The number of nitrogens with zero attached hydrogens (tertiary/aromatic N) is 2. The van der Waals surface area contributed by atoms with E-state index in [4.69, 9.17) is 10.6 Å². The Labute approximate surface area is 99.0 Å². The summed E-state index contributed by atoms with van der Waals surface area (Å²) in [5.41, 5.74) is 2.66. The Kier molecular flexibility index (Phi) is 7.93. The summed E-state index contributed by atoms with van der Waals surface area (Å²) in [7, 11) is 3.68. The molecule has 0 heterocycles. The molecule has 0 aromatic heterocycles. The van der Waals surface area contributed by atoms with E-state index in [-0.39, 0.29) is 6.04 Å². The Balaban J connectivity index is 4.57. The zero-order chi connectivity index (χ0) is 12.6. The van der Waals surface area contributed by atoms with Crippen LogP contribution in [0.25, 0.3) is 0 Å². The molecule has 1 atom stereocenters. The van der Waals surface area contributed by atoms with Crippen molar-refractivity contribution in [2.45, 2.75) is 45.7 Å². The predicted molar refractivity (Wildman–Crippen MR) is 68.2 cm³/mol. The molecule has 5 heteroatoms. The maximum absolute atomic E-state index is 5.50. The highest BCUT2D eigenvalue weighted by molar-refractivity contribution is 5.79. The Morgan fingerprint density at radius 3 is 2.38 bits per heavy atom. The van der Waals surface area contributed by atoms with E-state index in [0.29, 0.717) is 12.6 Å². The molecule has 0 spiro atoms. The number of aliphatic imine (C=N–C) groups is 1. The van der Waals surface area contributed by atoms with Crippen molar-refractivity contribution in [2.24, 2.45) is 10.8 Å². The second-order valence-electron chi connectivity index (χ2n) is 3.98. The first-order chi connectivity index (χ1) is 7.60. The van der Waals surface area contributed by atoms with E-state index in [1.54, 1.807) is 7.11 Å². The van der Waals surface area contributed by atoms with Crippen molar-refractivity contribution in [3.05, 3.63) is 0 Å². The minimum atomic E-state index is 0.105. The van der Waals surface area contributed by atoms with Crippen LogP contribution < -0.4 is 11.3 Å². The van der Waals surface area contributed by atoms with Gasteiger partial charge in [0.15, 0.2) is 0 Å². The number of rotatable bonds is 6. The van der Waals surface area contributed by atoms with Gasteiger partial charge >= 0.3 is 0 Å². The molecule has 0 saturated heterocycles. The van der Waals surface area contributed by atoms with E-state index in [0.717, 1.165) is 18.8 Å². The number of nitrogens with one attached hydrogen (secondary N) is 1. The molecule has 1 unspecified atom stereocenters. The molecular weight excluding hydrogens is 204 g/mol. The van der Waals surface area contributed by atoms with Crippen molar-refractivity contribution < 1.29 is 4.74 Å². The van der Waals surface area contributed by atoms with Gasteiger partial charge in [-0.3, -0.25) is 5.43 Å². The molecule has 0 radical (unpaired) electrons. The number of nitrogens with two attached hydrogens (primary N) is 1. The number of methoxy groups -OCH3 is 1. The van der Waals surface area contributed by atoms with Crippen LogP contribution in [0.5, 0.6) is 0 Å². The fourth-order valence-corrected chi connectivity index (χ4v) is 1.73. The SMILES string of the molecule is CCC(CC)N(C)C(=NC(C)COC)NN. The third kappa shape index (κ3) is 4.81. The van der Waals surface area contributed by atoms with E-state index < -0.39 is 0 Å². The molecule has 0 aromatic carbocycles. The van der Waals surface area contributed by atoms with Gasteiger partial charge in [-0.05, 0) is 19.8 Å². The molecule has 0 rings (SSSR count). The van der Waals surface area contributed by atoms with Crippen molar-refractivity contribution in [1.29, 1.82) is 0 Å². The lowest BCUT2D eigenvalue weighted by Gasteiger charge is -2.29. The first kappa shape index (κ1) is 15.2. The van der Waals surface area contributed by atoms with Crippen molar-refractivity contribution in [3.63, 3.8) is 0 Å². The smallest absolute Gasteiger partial charge is 0.208 e. The van der Waals surface area contributed by atoms with Crippen LogP contribution in [0.3, 0.4) is 0 Å². The van der Waals surface area contributed by atoms with Crippen LogP contribution in [0.4, 0.5) is 0 Å². The quantitative estimate of drug-likeness (QED) is 0.309. The number of hydrogen-bond donors (Lipinski definition) is 2. The summed E-state index contributed by atoms with van der Waals surface area (Å²) < 4.78 is 5.05. The molecule has 3 N–H and O–H groups in total. The molecule has 96 valence electrons. The van der Waals surface area contributed by atoms with Crippen LogP contribution in [0, 0.1) is 0 Å². The lowest BCUT2D eigenvalue weighted by Crippen LogP contribution is -2.47. The Hall–Kier alpha value is -0.810. The number of hydrogen-bond acceptors (Lipinski definition) is 3. The van der Waals surface area contributed by atoms with E-state index in [2.05, 4.69) is 29.2 Å². The summed E-state index contributed by atoms with van der Waals surface area (Å²) in [6.45, 7) is 6.93. The van der Waals surface area contributed by atoms with Crippen LogP contribution >= 0.6 is 0 Å². The molecule has 0 saturated carbocycles. The predicted octanol–water partition coefficient (Wildman–Crippen LogP) is 0.961. The Morgan fingerprint density at radius 2 is 2.00 bits per heavy atom. The molecule has 0 aliphatic carbocycles. The average Bonchev–Trinajstić information content (AvgIpc) is 2.27. The monoisotopic (exact) mass is 230 g/mol. The van der Waals surface area contributed by atoms with Crippen molar-refractivity contribution in [1.82, 2.24) is 10.3 Å². The number of ether oxygens (including phenoxy) is 1. The first-order valence-corrected chi connectivity index (χ1v) is 5.86. The normalized spacial score (nSPS) is 14.1. The summed E-state index contributed by atoms with van der Waals surface area (Å²) in [5.74, 6) is 6.22. The largest absolute Gasteiger partial charge is 0.382 e. The van der Waals surface area contributed by atoms with Crippen molar-refractivity contribution in [2.75, 3.05) is 20.8 Å². The summed E-state index contributed by atoms with van der Waals surface area (Å²) in [6, 6.07) is 0.567. The van der Waals surface area contributed by atoms with E-state index in [1.165, 1.54) is 0 Å². The van der Waals surface area contributed by atoms with Crippen molar-refractivity contribution >= 4 is 5.96 Å². The second-order valence-corrected chi connectivity index (χ2v) is 3.98. The fraction of sp³-hybridized carbons (Fsp3) is 0.909. The standard InChI is InChI=1S/C11H26N4O/c1-6-10(7-2)15(4)11(14-12)13-9(3)8-16-5/h9-10H,6-8,12H2,1-5H3,(H,13,14). The summed E-state index contributed by atoms with van der Waals surface area (Å²) in [6.07, 6.45) is 2.15. The van der Waals surface area contributed by atoms with Gasteiger partial charge in [0.25, 0.3) is 0 Å². The van der Waals surface area contributed by atoms with Gasteiger partial charge in [0.2, 0.25) is 5.96 Å². The number of hydrazine groups is 1. The molecule has 0 aromatic rings. The maximum Gasteiger partial charge on any atom is 0.208 e. The van der Waals surface area contributed by atoms with Crippen LogP contribution in [-0.2, 0) is 4.74 Å². The minimum absolute atomic E-state index is 0.105. The molecule has 5 nitrogen and oxygen atoms in total. The molecule has 0 bridgehead atoms. The third-order valence-corrected chi connectivity index (χ3v) is 2.70. The van der Waals surface area contributed by atoms with Gasteiger partial charge in [-0.1, -0.05) is 13.8 Å². The maximum atomic E-state index is 5.50. The molecular formula is C11H26N4O. The highest BCUT2D eigenvalue weighted by Gasteiger charge is 2.14. The molecule has 16 heavy (non-hydrogen) atoms. The molecule has 0 aliphatic heterocycles. The van der Waals surface area contributed by atoms with Gasteiger partial charge in [0.05, 0.1) is 12.6 Å². The minimum Gasteiger partial charge on any atom is -0.382 e. The molecule has 0 amide bonds. The topological polar surface area (TPSA) is 62.9 Å². The van der Waals surface area contributed by atoms with Gasteiger partial charge in [-0.15, -0.1) is 0 Å². The highest BCUT2D eigenvalue weighted by atomic mass is 16.5. The third-order valence-electron chi connectivity index (χ3n) is 2.70. The zero-order valence-corrected chi connectivity index (χ0v) is 11.2. The molecule has 0 aliphatic rings. The first-order valence-electron chi connectivity index (χ1n) is 5.86. The van der Waals surface area contributed by atoms with Gasteiger partial charge in [-0.25, -0.2) is 10.8 Å². The van der Waals surface area contributed by atoms with Crippen LogP contribution in [0.1, 0.15) is 33.6 Å². The lowest BCUT2D eigenvalue weighted by atomic mass is 10.1. The highest BCUT2D eigenvalue weighted by Crippen LogP contribution is 2.06. The lowest BCUT2D eigenvalue weighted by molar-refractivity contribution is 0.184. The van der Waals surface area contributed by atoms with E-state index in [1.807, 2.05) is 14.0 Å².